The molecule has 2 rings (SSSR count). The maximum atomic E-state index is 5.27. The lowest BCUT2D eigenvalue weighted by Gasteiger charge is -2.11. The summed E-state index contributed by atoms with van der Waals surface area (Å²) in [6.07, 6.45) is 4.15. The highest BCUT2D eigenvalue weighted by Crippen LogP contribution is 2.19. The lowest BCUT2D eigenvalue weighted by Crippen LogP contribution is -2.20. The minimum atomic E-state index is 0.702. The van der Waals surface area contributed by atoms with Gasteiger partial charge in [-0.15, -0.1) is 0 Å². The van der Waals surface area contributed by atoms with Crippen molar-refractivity contribution in [2.45, 2.75) is 32.6 Å². The summed E-state index contributed by atoms with van der Waals surface area (Å²) in [5, 5.41) is 7.20. The summed E-state index contributed by atoms with van der Waals surface area (Å²) < 4.78 is 5.27. The van der Waals surface area contributed by atoms with E-state index >= 15 is 0 Å². The van der Waals surface area contributed by atoms with Crippen molar-refractivity contribution in [3.8, 4) is 0 Å². The lowest BCUT2D eigenvalue weighted by molar-refractivity contribution is 0.337. The van der Waals surface area contributed by atoms with Crippen LogP contribution in [0.2, 0.25) is 0 Å². The summed E-state index contributed by atoms with van der Waals surface area (Å²) in [6, 6.07) is 0. The molecule has 0 bridgehead atoms. The second-order valence-corrected chi connectivity index (χ2v) is 5.06. The van der Waals surface area contributed by atoms with Crippen molar-refractivity contribution >= 4 is 0 Å². The molecule has 1 aromatic rings. The molecule has 0 amide bonds. The predicted molar refractivity (Wildman–Crippen MR) is 70.5 cm³/mol. The molecule has 0 radical (unpaired) electrons. The average molecular weight is 252 g/mol. The molecule has 0 spiro atoms. The van der Waals surface area contributed by atoms with Gasteiger partial charge in [0.2, 0.25) is 5.89 Å². The van der Waals surface area contributed by atoms with Gasteiger partial charge in [0.1, 0.15) is 0 Å². The average Bonchev–Trinajstić information content (AvgIpc) is 3.00. The van der Waals surface area contributed by atoms with Crippen molar-refractivity contribution in [1.82, 2.24) is 20.4 Å². The normalized spacial score (nSPS) is 20.7. The summed E-state index contributed by atoms with van der Waals surface area (Å²) in [6.45, 7) is 6.76. The molecule has 0 aromatic carbocycles. The summed E-state index contributed by atoms with van der Waals surface area (Å²) in [5.41, 5.74) is 0. The van der Waals surface area contributed by atoms with Crippen LogP contribution in [-0.4, -0.2) is 48.3 Å². The fourth-order valence-electron chi connectivity index (χ4n) is 2.52. The van der Waals surface area contributed by atoms with Crippen molar-refractivity contribution in [3.63, 3.8) is 0 Å². The molecule has 1 fully saturated rings. The first-order valence-electron chi connectivity index (χ1n) is 7.00. The Hall–Kier alpha value is -0.940. The van der Waals surface area contributed by atoms with Gasteiger partial charge in [-0.05, 0) is 45.4 Å². The Balaban J connectivity index is 1.76. The third-order valence-electron chi connectivity index (χ3n) is 3.62. The van der Waals surface area contributed by atoms with Crippen molar-refractivity contribution in [2.75, 3.05) is 33.2 Å². The number of aryl methyl sites for hydroxylation is 1. The van der Waals surface area contributed by atoms with Crippen molar-refractivity contribution in [2.24, 2.45) is 5.92 Å². The Morgan fingerprint density at radius 3 is 3.11 bits per heavy atom. The molecular formula is C13H24N4O. The fraction of sp³-hybridized carbons (Fsp3) is 0.846. The minimum Gasteiger partial charge on any atom is -0.339 e. The van der Waals surface area contributed by atoms with E-state index in [4.69, 9.17) is 4.52 Å². The molecule has 1 saturated heterocycles. The van der Waals surface area contributed by atoms with E-state index in [0.717, 1.165) is 44.1 Å². The van der Waals surface area contributed by atoms with Crippen LogP contribution < -0.4 is 5.32 Å². The van der Waals surface area contributed by atoms with E-state index in [-0.39, 0.29) is 0 Å². The van der Waals surface area contributed by atoms with E-state index in [1.165, 1.54) is 19.5 Å². The molecule has 102 valence electrons. The number of rotatable bonds is 7. The van der Waals surface area contributed by atoms with Crippen LogP contribution in [0.3, 0.4) is 0 Å². The smallest absolute Gasteiger partial charge is 0.226 e. The molecule has 5 nitrogen and oxygen atoms in total. The van der Waals surface area contributed by atoms with E-state index in [0.29, 0.717) is 5.92 Å². The van der Waals surface area contributed by atoms with E-state index in [2.05, 4.69) is 27.3 Å². The van der Waals surface area contributed by atoms with Crippen molar-refractivity contribution in [1.29, 1.82) is 0 Å². The standard InChI is InChI=1S/C13H24N4O/c1-3-17-8-6-11(10-17)9-12-15-13(18-16-12)5-4-7-14-2/h11,14H,3-10H2,1-2H3. The van der Waals surface area contributed by atoms with Gasteiger partial charge in [-0.2, -0.15) is 4.98 Å². The number of likely N-dealkylation sites (tertiary alicyclic amines) is 1. The zero-order chi connectivity index (χ0) is 12.8. The van der Waals surface area contributed by atoms with E-state index in [1.807, 2.05) is 7.05 Å². The predicted octanol–water partition coefficient (Wildman–Crippen LogP) is 1.11. The van der Waals surface area contributed by atoms with Crippen molar-refractivity contribution in [3.05, 3.63) is 11.7 Å². The van der Waals surface area contributed by atoms with Crippen LogP contribution in [-0.2, 0) is 12.8 Å². The van der Waals surface area contributed by atoms with Gasteiger partial charge in [-0.25, -0.2) is 0 Å². The monoisotopic (exact) mass is 252 g/mol. The first kappa shape index (κ1) is 13.5. The Bertz CT molecular complexity index is 353. The molecule has 1 aromatic heterocycles. The Labute approximate surface area is 109 Å². The first-order valence-corrected chi connectivity index (χ1v) is 7.00. The van der Waals surface area contributed by atoms with Crippen LogP contribution in [0.15, 0.2) is 4.52 Å². The van der Waals surface area contributed by atoms with Gasteiger partial charge in [0, 0.05) is 19.4 Å². The summed E-state index contributed by atoms with van der Waals surface area (Å²) >= 11 is 0. The molecule has 1 atom stereocenters. The molecule has 2 heterocycles. The van der Waals surface area contributed by atoms with E-state index < -0.39 is 0 Å². The van der Waals surface area contributed by atoms with Gasteiger partial charge < -0.3 is 14.7 Å². The van der Waals surface area contributed by atoms with Gasteiger partial charge in [-0.1, -0.05) is 12.1 Å². The minimum absolute atomic E-state index is 0.702. The molecule has 1 aliphatic heterocycles. The molecule has 1 unspecified atom stereocenters. The summed E-state index contributed by atoms with van der Waals surface area (Å²) in [4.78, 5) is 6.96. The van der Waals surface area contributed by atoms with E-state index in [9.17, 15) is 0 Å². The number of hydrogen-bond acceptors (Lipinski definition) is 5. The zero-order valence-corrected chi connectivity index (χ0v) is 11.5. The first-order chi connectivity index (χ1) is 8.81. The molecule has 1 aliphatic rings. The summed E-state index contributed by atoms with van der Waals surface area (Å²) in [5.74, 6) is 2.37. The third kappa shape index (κ3) is 3.78. The molecular weight excluding hydrogens is 228 g/mol. The zero-order valence-electron chi connectivity index (χ0n) is 11.5. The van der Waals surface area contributed by atoms with Crippen LogP contribution in [0.1, 0.15) is 31.5 Å². The molecule has 18 heavy (non-hydrogen) atoms. The number of nitrogens with zero attached hydrogens (tertiary/aromatic N) is 3. The molecule has 5 heteroatoms. The third-order valence-corrected chi connectivity index (χ3v) is 3.62. The quantitative estimate of drug-likeness (QED) is 0.737. The summed E-state index contributed by atoms with van der Waals surface area (Å²) in [7, 11) is 1.96. The lowest BCUT2D eigenvalue weighted by atomic mass is 10.1. The maximum Gasteiger partial charge on any atom is 0.226 e. The van der Waals surface area contributed by atoms with Gasteiger partial charge in [0.15, 0.2) is 5.82 Å². The van der Waals surface area contributed by atoms with Crippen LogP contribution in [0.25, 0.3) is 0 Å². The topological polar surface area (TPSA) is 54.2 Å². The van der Waals surface area contributed by atoms with Crippen LogP contribution in [0.5, 0.6) is 0 Å². The maximum absolute atomic E-state index is 5.27. The number of hydrogen-bond donors (Lipinski definition) is 1. The van der Waals surface area contributed by atoms with Crippen LogP contribution >= 0.6 is 0 Å². The highest BCUT2D eigenvalue weighted by Gasteiger charge is 2.23. The van der Waals surface area contributed by atoms with Crippen LogP contribution in [0, 0.1) is 5.92 Å². The van der Waals surface area contributed by atoms with Gasteiger partial charge in [0.05, 0.1) is 0 Å². The largest absolute Gasteiger partial charge is 0.339 e. The highest BCUT2D eigenvalue weighted by molar-refractivity contribution is 4.91. The highest BCUT2D eigenvalue weighted by atomic mass is 16.5. The van der Waals surface area contributed by atoms with Gasteiger partial charge in [0.25, 0.3) is 0 Å². The number of aromatic nitrogens is 2. The molecule has 0 aliphatic carbocycles. The fourth-order valence-corrected chi connectivity index (χ4v) is 2.52. The van der Waals surface area contributed by atoms with Gasteiger partial charge >= 0.3 is 0 Å². The van der Waals surface area contributed by atoms with Crippen molar-refractivity contribution < 1.29 is 4.52 Å². The second-order valence-electron chi connectivity index (χ2n) is 5.06. The Morgan fingerprint density at radius 2 is 2.39 bits per heavy atom. The van der Waals surface area contributed by atoms with Gasteiger partial charge in [-0.3, -0.25) is 0 Å². The molecule has 0 saturated carbocycles. The number of nitrogens with one attached hydrogen (secondary N) is 1. The van der Waals surface area contributed by atoms with Crippen LogP contribution in [0.4, 0.5) is 0 Å². The van der Waals surface area contributed by atoms with E-state index in [1.54, 1.807) is 0 Å². The second kappa shape index (κ2) is 6.85. The SMILES string of the molecule is CCN1CCC(Cc2noc(CCCNC)n2)C1. The Morgan fingerprint density at radius 1 is 1.50 bits per heavy atom. The Kier molecular flexibility index (Phi) is 5.13. The molecule has 1 N–H and O–H groups in total.